The van der Waals surface area contributed by atoms with Crippen LogP contribution in [0.1, 0.15) is 19.4 Å². The smallest absolute Gasteiger partial charge is 0.310 e. The van der Waals surface area contributed by atoms with Crippen molar-refractivity contribution in [1.82, 2.24) is 10.2 Å². The van der Waals surface area contributed by atoms with E-state index >= 15 is 0 Å². The maximum Gasteiger partial charge on any atom is 0.310 e. The molecular weight excluding hydrogens is 230 g/mol. The van der Waals surface area contributed by atoms with Crippen LogP contribution in [0.25, 0.3) is 10.9 Å². The predicted molar refractivity (Wildman–Crippen MR) is 70.6 cm³/mol. The summed E-state index contributed by atoms with van der Waals surface area (Å²) in [6, 6.07) is 5.80. The molecule has 0 unspecified atom stereocenters. The molecular formula is C13H17N3O2. The summed E-state index contributed by atoms with van der Waals surface area (Å²) >= 11 is 0. The van der Waals surface area contributed by atoms with Crippen molar-refractivity contribution in [2.45, 2.75) is 20.3 Å². The standard InChI is InChI=1S/C13H17N3O2/c1-3-14-13-10-7-9(8-12(17)18-4-2)5-6-11(10)15-16-13/h5-7H,3-4,8H2,1-2H3,(H2,14,15,16). The number of nitrogens with zero attached hydrogens (tertiary/aromatic N) is 1. The van der Waals surface area contributed by atoms with E-state index in [1.54, 1.807) is 6.92 Å². The molecule has 0 amide bonds. The summed E-state index contributed by atoms with van der Waals surface area (Å²) in [6.45, 7) is 5.04. The normalized spacial score (nSPS) is 10.6. The van der Waals surface area contributed by atoms with Crippen LogP contribution in [-0.4, -0.2) is 29.3 Å². The van der Waals surface area contributed by atoms with E-state index in [9.17, 15) is 4.79 Å². The van der Waals surface area contributed by atoms with Crippen molar-refractivity contribution in [3.05, 3.63) is 23.8 Å². The van der Waals surface area contributed by atoms with Crippen LogP contribution in [-0.2, 0) is 16.0 Å². The molecule has 0 aliphatic rings. The maximum atomic E-state index is 11.4. The first-order valence-corrected chi connectivity index (χ1v) is 6.11. The molecule has 2 rings (SSSR count). The second-order valence-corrected chi connectivity index (χ2v) is 3.96. The minimum atomic E-state index is -0.203. The Morgan fingerprint density at radius 2 is 2.28 bits per heavy atom. The van der Waals surface area contributed by atoms with E-state index < -0.39 is 0 Å². The lowest BCUT2D eigenvalue weighted by Crippen LogP contribution is -2.07. The van der Waals surface area contributed by atoms with E-state index in [1.807, 2.05) is 25.1 Å². The summed E-state index contributed by atoms with van der Waals surface area (Å²) in [5.74, 6) is 0.614. The highest BCUT2D eigenvalue weighted by Crippen LogP contribution is 2.21. The Hall–Kier alpha value is -2.04. The third kappa shape index (κ3) is 2.61. The molecule has 0 saturated heterocycles. The lowest BCUT2D eigenvalue weighted by Gasteiger charge is -2.03. The number of nitrogens with one attached hydrogen (secondary N) is 2. The number of ether oxygens (including phenoxy) is 1. The third-order valence-corrected chi connectivity index (χ3v) is 2.63. The van der Waals surface area contributed by atoms with Gasteiger partial charge in [-0.1, -0.05) is 6.07 Å². The molecule has 5 nitrogen and oxygen atoms in total. The van der Waals surface area contributed by atoms with Gasteiger partial charge in [0.2, 0.25) is 0 Å². The molecule has 0 aliphatic carbocycles. The van der Waals surface area contributed by atoms with Gasteiger partial charge in [-0.15, -0.1) is 0 Å². The number of benzene rings is 1. The molecule has 96 valence electrons. The average molecular weight is 247 g/mol. The number of fused-ring (bicyclic) bond motifs is 1. The van der Waals surface area contributed by atoms with Crippen molar-refractivity contribution in [2.75, 3.05) is 18.5 Å². The van der Waals surface area contributed by atoms with Crippen LogP contribution in [0.3, 0.4) is 0 Å². The Balaban J connectivity index is 2.24. The van der Waals surface area contributed by atoms with Gasteiger partial charge < -0.3 is 10.1 Å². The number of anilines is 1. The van der Waals surface area contributed by atoms with Gasteiger partial charge in [0, 0.05) is 11.9 Å². The molecule has 0 bridgehead atoms. The molecule has 0 aliphatic heterocycles. The Labute approximate surface area is 106 Å². The first-order valence-electron chi connectivity index (χ1n) is 6.11. The van der Waals surface area contributed by atoms with Gasteiger partial charge in [-0.2, -0.15) is 5.10 Å². The largest absolute Gasteiger partial charge is 0.466 e. The second-order valence-electron chi connectivity index (χ2n) is 3.96. The Morgan fingerprint density at radius 3 is 3.00 bits per heavy atom. The topological polar surface area (TPSA) is 67.0 Å². The lowest BCUT2D eigenvalue weighted by atomic mass is 10.1. The van der Waals surface area contributed by atoms with E-state index in [4.69, 9.17) is 4.74 Å². The zero-order valence-electron chi connectivity index (χ0n) is 10.6. The minimum Gasteiger partial charge on any atom is -0.466 e. The lowest BCUT2D eigenvalue weighted by molar-refractivity contribution is -0.142. The third-order valence-electron chi connectivity index (χ3n) is 2.63. The number of carbonyl (C=O) groups is 1. The monoisotopic (exact) mass is 247 g/mol. The van der Waals surface area contributed by atoms with Gasteiger partial charge >= 0.3 is 5.97 Å². The van der Waals surface area contributed by atoms with Gasteiger partial charge in [0.15, 0.2) is 5.82 Å². The van der Waals surface area contributed by atoms with Crippen LogP contribution in [0.4, 0.5) is 5.82 Å². The zero-order chi connectivity index (χ0) is 13.0. The van der Waals surface area contributed by atoms with Crippen molar-refractivity contribution in [2.24, 2.45) is 0 Å². The number of carbonyl (C=O) groups excluding carboxylic acids is 1. The van der Waals surface area contributed by atoms with Crippen LogP contribution >= 0.6 is 0 Å². The predicted octanol–water partition coefficient (Wildman–Crippen LogP) is 2.10. The summed E-state index contributed by atoms with van der Waals surface area (Å²) in [4.78, 5) is 11.4. The van der Waals surface area contributed by atoms with Crippen LogP contribution in [0.15, 0.2) is 18.2 Å². The van der Waals surface area contributed by atoms with E-state index in [1.165, 1.54) is 0 Å². The van der Waals surface area contributed by atoms with E-state index in [0.29, 0.717) is 13.0 Å². The maximum absolute atomic E-state index is 11.4. The summed E-state index contributed by atoms with van der Waals surface area (Å²) in [7, 11) is 0. The van der Waals surface area contributed by atoms with Gasteiger partial charge in [0.05, 0.1) is 18.5 Å². The van der Waals surface area contributed by atoms with E-state index in [0.717, 1.165) is 28.8 Å². The Bertz CT molecular complexity index is 548. The highest BCUT2D eigenvalue weighted by Gasteiger charge is 2.08. The first-order chi connectivity index (χ1) is 8.74. The molecule has 0 saturated carbocycles. The van der Waals surface area contributed by atoms with Gasteiger partial charge in [0.1, 0.15) is 0 Å². The molecule has 0 radical (unpaired) electrons. The Morgan fingerprint density at radius 1 is 1.44 bits per heavy atom. The molecule has 5 heteroatoms. The number of aromatic nitrogens is 2. The highest BCUT2D eigenvalue weighted by atomic mass is 16.5. The SMILES string of the molecule is CCNc1n[nH]c2ccc(CC(=O)OCC)cc12. The summed E-state index contributed by atoms with van der Waals surface area (Å²) in [6.07, 6.45) is 0.292. The average Bonchev–Trinajstić information content (AvgIpc) is 2.73. The van der Waals surface area contributed by atoms with Crippen molar-refractivity contribution >= 4 is 22.7 Å². The zero-order valence-corrected chi connectivity index (χ0v) is 10.6. The fourth-order valence-electron chi connectivity index (χ4n) is 1.85. The van der Waals surface area contributed by atoms with Crippen LogP contribution < -0.4 is 5.32 Å². The molecule has 1 heterocycles. The Kier molecular flexibility index (Phi) is 3.82. The fourth-order valence-corrected chi connectivity index (χ4v) is 1.85. The second kappa shape index (κ2) is 5.53. The molecule has 0 spiro atoms. The van der Waals surface area contributed by atoms with Gasteiger partial charge in [0.25, 0.3) is 0 Å². The van der Waals surface area contributed by atoms with E-state index in [2.05, 4.69) is 15.5 Å². The summed E-state index contributed by atoms with van der Waals surface area (Å²) < 4.78 is 4.94. The van der Waals surface area contributed by atoms with Gasteiger partial charge in [-0.25, -0.2) is 0 Å². The molecule has 2 N–H and O–H groups in total. The number of H-pyrrole nitrogens is 1. The van der Waals surface area contributed by atoms with Crippen molar-refractivity contribution in [3.63, 3.8) is 0 Å². The number of hydrogen-bond acceptors (Lipinski definition) is 4. The molecule has 18 heavy (non-hydrogen) atoms. The molecule has 0 atom stereocenters. The van der Waals surface area contributed by atoms with Crippen molar-refractivity contribution in [1.29, 1.82) is 0 Å². The first kappa shape index (κ1) is 12.4. The summed E-state index contributed by atoms with van der Waals surface area (Å²) in [5, 5.41) is 11.3. The number of esters is 1. The number of rotatable bonds is 5. The van der Waals surface area contributed by atoms with Gasteiger partial charge in [-0.05, 0) is 31.5 Å². The summed E-state index contributed by atoms with van der Waals surface area (Å²) in [5.41, 5.74) is 1.89. The van der Waals surface area contributed by atoms with Crippen molar-refractivity contribution < 1.29 is 9.53 Å². The van der Waals surface area contributed by atoms with Crippen LogP contribution in [0, 0.1) is 0 Å². The number of hydrogen-bond donors (Lipinski definition) is 2. The molecule has 2 aromatic rings. The molecule has 0 fully saturated rings. The molecule has 1 aromatic carbocycles. The van der Waals surface area contributed by atoms with Gasteiger partial charge in [-0.3, -0.25) is 9.89 Å². The van der Waals surface area contributed by atoms with Crippen molar-refractivity contribution in [3.8, 4) is 0 Å². The fraction of sp³-hybridized carbons (Fsp3) is 0.385. The van der Waals surface area contributed by atoms with Crippen LogP contribution in [0.5, 0.6) is 0 Å². The van der Waals surface area contributed by atoms with E-state index in [-0.39, 0.29) is 5.97 Å². The number of aromatic amines is 1. The molecule has 1 aromatic heterocycles. The quantitative estimate of drug-likeness (QED) is 0.794. The highest BCUT2D eigenvalue weighted by molar-refractivity contribution is 5.90. The van der Waals surface area contributed by atoms with Crippen LogP contribution in [0.2, 0.25) is 0 Å². The minimum absolute atomic E-state index is 0.203.